The van der Waals surface area contributed by atoms with Gasteiger partial charge in [0.15, 0.2) is 5.66 Å². The summed E-state index contributed by atoms with van der Waals surface area (Å²) in [5, 5.41) is 0. The molecule has 38 valence electrons. The van der Waals surface area contributed by atoms with E-state index in [0.29, 0.717) is 0 Å². The summed E-state index contributed by atoms with van der Waals surface area (Å²) >= 11 is 0. The van der Waals surface area contributed by atoms with Crippen LogP contribution in [0.25, 0.3) is 0 Å². The Morgan fingerprint density at radius 3 is 1.86 bits per heavy atom. The molecule has 0 spiro atoms. The molecule has 0 rings (SSSR count). The molecule has 0 fully saturated rings. The van der Waals surface area contributed by atoms with Crippen LogP contribution >= 0.6 is 8.03 Å². The molecule has 0 bridgehead atoms. The van der Waals surface area contributed by atoms with Crippen molar-refractivity contribution in [3.05, 3.63) is 0 Å². The van der Waals surface area contributed by atoms with Gasteiger partial charge in [-0.2, -0.15) is 4.89 Å². The molecular formula is C3H9NaO2P+. The van der Waals surface area contributed by atoms with Gasteiger partial charge in [-0.15, -0.1) is 0 Å². The molecule has 0 heterocycles. The van der Waals surface area contributed by atoms with Crippen LogP contribution in [-0.2, 0) is 4.57 Å². The Kier molecular flexibility index (Phi) is 8.13. The summed E-state index contributed by atoms with van der Waals surface area (Å²) in [5.41, 5.74) is -0.0833. The maximum Gasteiger partial charge on any atom is 1.00 e. The van der Waals surface area contributed by atoms with Crippen LogP contribution in [0.5, 0.6) is 0 Å². The molecule has 4 heteroatoms. The van der Waals surface area contributed by atoms with Gasteiger partial charge in [0, 0.05) is 0 Å². The van der Waals surface area contributed by atoms with Gasteiger partial charge in [-0.1, -0.05) is 0 Å². The van der Waals surface area contributed by atoms with Gasteiger partial charge in [0.2, 0.25) is 0 Å². The Bertz CT molecular complexity index is 68.3. The van der Waals surface area contributed by atoms with E-state index >= 15 is 0 Å². The van der Waals surface area contributed by atoms with Crippen LogP contribution in [0, 0.1) is 0 Å². The van der Waals surface area contributed by atoms with Gasteiger partial charge in [-0.3, -0.25) is 0 Å². The van der Waals surface area contributed by atoms with E-state index in [2.05, 4.69) is 0 Å². The first-order valence-corrected chi connectivity index (χ1v) is 3.08. The topological polar surface area (TPSA) is 37.3 Å². The van der Waals surface area contributed by atoms with Crippen LogP contribution in [0.1, 0.15) is 15.3 Å². The molecule has 2 nitrogen and oxygen atoms in total. The number of hydrogen-bond acceptors (Lipinski definition) is 1. The summed E-state index contributed by atoms with van der Waals surface area (Å²) in [6, 6.07) is 0. The molecule has 1 atom stereocenters. The van der Waals surface area contributed by atoms with Crippen molar-refractivity contribution in [2.24, 2.45) is 0 Å². The maximum atomic E-state index is 9.85. The molecule has 0 radical (unpaired) electrons. The zero-order valence-electron chi connectivity index (χ0n) is 5.88. The van der Waals surface area contributed by atoms with Crippen LogP contribution < -0.4 is 29.6 Å². The number of rotatable bonds is 1. The van der Waals surface area contributed by atoms with Crippen LogP contribution in [0.3, 0.4) is 0 Å². The monoisotopic (exact) mass is 131 g/mol. The first-order valence-electron chi connectivity index (χ1n) is 1.80. The molecular weight excluding hydrogens is 122 g/mol. The van der Waals surface area contributed by atoms with E-state index in [0.717, 1.165) is 0 Å². The zero-order valence-corrected chi connectivity index (χ0v) is 7.77. The van der Waals surface area contributed by atoms with E-state index in [4.69, 9.17) is 4.89 Å². The average molecular weight is 131 g/mol. The normalized spacial score (nSPS) is 10.6. The largest absolute Gasteiger partial charge is 1.00 e. The summed E-state index contributed by atoms with van der Waals surface area (Å²) in [7, 11) is -1.91. The van der Waals surface area contributed by atoms with Gasteiger partial charge in [0.25, 0.3) is 0 Å². The quantitative estimate of drug-likeness (QED) is 0.338. The third-order valence-electron chi connectivity index (χ3n) is 0.442. The molecule has 1 unspecified atom stereocenters. The standard InChI is InChI=1S/C3H7O2P.Na.H/c1-3(2)6(4)5;;/h3H,1-2H3;;/q;+1;-1/p+1. The molecule has 0 aliphatic heterocycles. The molecule has 0 saturated carbocycles. The first kappa shape index (κ1) is 10.9. The second kappa shape index (κ2) is 5.20. The number of hydrogen-bond donors (Lipinski definition) is 1. The molecule has 0 amide bonds. The minimum Gasteiger partial charge on any atom is -1.00 e. The van der Waals surface area contributed by atoms with Gasteiger partial charge in [0.1, 0.15) is 0 Å². The fourth-order valence-electron chi connectivity index (χ4n) is 0. The molecule has 1 N–H and O–H groups in total. The second-order valence-electron chi connectivity index (χ2n) is 1.40. The van der Waals surface area contributed by atoms with E-state index < -0.39 is 8.03 Å². The Hall–Kier alpha value is 1.06. The minimum atomic E-state index is -1.91. The SMILES string of the molecule is CC(C)[P+](=O)O.[H-].[Na+]. The van der Waals surface area contributed by atoms with Gasteiger partial charge in [-0.05, 0) is 18.4 Å². The minimum absolute atomic E-state index is 0. The summed E-state index contributed by atoms with van der Waals surface area (Å²) in [5.74, 6) is 0. The molecule has 0 aliphatic carbocycles. The van der Waals surface area contributed by atoms with Crippen molar-refractivity contribution >= 4 is 8.03 Å². The Morgan fingerprint density at radius 1 is 1.71 bits per heavy atom. The summed E-state index contributed by atoms with van der Waals surface area (Å²) in [4.78, 5) is 8.14. The zero-order chi connectivity index (χ0) is 5.15. The average Bonchev–Trinajstić information content (AvgIpc) is 1.36. The van der Waals surface area contributed by atoms with Crippen molar-refractivity contribution in [3.8, 4) is 0 Å². The van der Waals surface area contributed by atoms with E-state index in [-0.39, 0.29) is 36.6 Å². The van der Waals surface area contributed by atoms with E-state index in [9.17, 15) is 4.57 Å². The van der Waals surface area contributed by atoms with E-state index in [1.165, 1.54) is 0 Å². The van der Waals surface area contributed by atoms with Gasteiger partial charge < -0.3 is 1.43 Å². The predicted molar refractivity (Wildman–Crippen MR) is 26.1 cm³/mol. The van der Waals surface area contributed by atoms with Crippen LogP contribution in [0.2, 0.25) is 0 Å². The summed E-state index contributed by atoms with van der Waals surface area (Å²) in [6.45, 7) is 3.41. The van der Waals surface area contributed by atoms with Crippen LogP contribution in [-0.4, -0.2) is 10.6 Å². The van der Waals surface area contributed by atoms with Crippen LogP contribution in [0.4, 0.5) is 0 Å². The van der Waals surface area contributed by atoms with Gasteiger partial charge in [-0.25, -0.2) is 0 Å². The molecule has 0 aromatic carbocycles. The van der Waals surface area contributed by atoms with Crippen molar-refractivity contribution in [1.29, 1.82) is 0 Å². The van der Waals surface area contributed by atoms with E-state index in [1.807, 2.05) is 0 Å². The van der Waals surface area contributed by atoms with Crippen LogP contribution in [0.15, 0.2) is 0 Å². The third-order valence-corrected chi connectivity index (χ3v) is 1.33. The fraction of sp³-hybridized carbons (Fsp3) is 1.00. The predicted octanol–water partition coefficient (Wildman–Crippen LogP) is -1.75. The van der Waals surface area contributed by atoms with Gasteiger partial charge in [0.05, 0.1) is 0 Å². The van der Waals surface area contributed by atoms with Gasteiger partial charge >= 0.3 is 37.6 Å². The molecule has 0 aromatic rings. The summed E-state index contributed by atoms with van der Waals surface area (Å²) < 4.78 is 9.85. The first-order chi connectivity index (χ1) is 2.64. The third kappa shape index (κ3) is 7.06. The van der Waals surface area contributed by atoms with Crippen molar-refractivity contribution in [2.75, 3.05) is 0 Å². The molecule has 7 heavy (non-hydrogen) atoms. The van der Waals surface area contributed by atoms with Crippen molar-refractivity contribution in [2.45, 2.75) is 19.5 Å². The molecule has 0 aliphatic rings. The van der Waals surface area contributed by atoms with E-state index in [1.54, 1.807) is 13.8 Å². The smallest absolute Gasteiger partial charge is 1.00 e. The fourth-order valence-corrected chi connectivity index (χ4v) is 0. The Labute approximate surface area is 68.0 Å². The second-order valence-corrected chi connectivity index (χ2v) is 3.03. The van der Waals surface area contributed by atoms with Crippen molar-refractivity contribution in [1.82, 2.24) is 0 Å². The summed E-state index contributed by atoms with van der Waals surface area (Å²) in [6.07, 6.45) is 0. The molecule has 0 saturated heterocycles. The molecule has 0 aromatic heterocycles. The maximum absolute atomic E-state index is 9.85. The van der Waals surface area contributed by atoms with Crippen molar-refractivity contribution < 1.29 is 40.4 Å². The Morgan fingerprint density at radius 2 is 1.86 bits per heavy atom. The van der Waals surface area contributed by atoms with Crippen molar-refractivity contribution in [3.63, 3.8) is 0 Å². The Balaban J connectivity index is -0.000000125.